The van der Waals surface area contributed by atoms with Gasteiger partial charge >= 0.3 is 0 Å². The number of hydrogen-bond donors (Lipinski definition) is 1. The van der Waals surface area contributed by atoms with Crippen LogP contribution in [0.25, 0.3) is 10.2 Å². The summed E-state index contributed by atoms with van der Waals surface area (Å²) in [5.74, 6) is 0.342. The van der Waals surface area contributed by atoms with E-state index >= 15 is 0 Å². The molecule has 0 saturated carbocycles. The molecule has 1 amide bonds. The number of aryl methyl sites for hydroxylation is 1. The van der Waals surface area contributed by atoms with E-state index in [-0.39, 0.29) is 23.4 Å². The van der Waals surface area contributed by atoms with E-state index in [2.05, 4.69) is 36.1 Å². The van der Waals surface area contributed by atoms with Gasteiger partial charge in [-0.1, -0.05) is 20.8 Å². The second-order valence-electron chi connectivity index (χ2n) is 8.05. The molecule has 1 atom stereocenters. The van der Waals surface area contributed by atoms with Crippen LogP contribution in [0, 0.1) is 11.3 Å². The number of nitrogens with zero attached hydrogens (tertiary/aromatic N) is 3. The van der Waals surface area contributed by atoms with Crippen molar-refractivity contribution in [2.75, 3.05) is 5.32 Å². The quantitative estimate of drug-likeness (QED) is 0.725. The smallest absolute Gasteiger partial charge is 0.262 e. The number of carbonyl (C=O) groups excluding carboxylic acids is 1. The summed E-state index contributed by atoms with van der Waals surface area (Å²) in [6.45, 7) is 6.78. The second-order valence-corrected chi connectivity index (χ2v) is 10.0. The number of amides is 1. The van der Waals surface area contributed by atoms with E-state index in [0.29, 0.717) is 16.4 Å². The summed E-state index contributed by atoms with van der Waals surface area (Å²) in [5, 5.41) is 5.73. The predicted octanol–water partition coefficient (Wildman–Crippen LogP) is 3.70. The first-order valence-electron chi connectivity index (χ1n) is 9.02. The molecule has 0 aromatic carbocycles. The molecular weight excluding hydrogens is 380 g/mol. The lowest BCUT2D eigenvalue weighted by Crippen LogP contribution is -2.29. The van der Waals surface area contributed by atoms with Gasteiger partial charge in [-0.2, -0.15) is 0 Å². The van der Waals surface area contributed by atoms with Gasteiger partial charge in [-0.25, -0.2) is 9.97 Å². The van der Waals surface area contributed by atoms with E-state index in [9.17, 15) is 9.59 Å². The topological polar surface area (TPSA) is 76.9 Å². The predicted molar refractivity (Wildman–Crippen MR) is 110 cm³/mol. The normalized spacial score (nSPS) is 17.1. The molecule has 1 N–H and O–H groups in total. The van der Waals surface area contributed by atoms with Crippen LogP contribution in [0.15, 0.2) is 22.7 Å². The van der Waals surface area contributed by atoms with Gasteiger partial charge in [0.25, 0.3) is 5.56 Å². The van der Waals surface area contributed by atoms with Gasteiger partial charge in [0.05, 0.1) is 11.7 Å². The fourth-order valence-electron chi connectivity index (χ4n) is 3.65. The van der Waals surface area contributed by atoms with E-state index < -0.39 is 0 Å². The van der Waals surface area contributed by atoms with Crippen molar-refractivity contribution >= 4 is 43.9 Å². The van der Waals surface area contributed by atoms with Gasteiger partial charge in [0.2, 0.25) is 5.91 Å². The molecule has 0 aliphatic heterocycles. The third-order valence-corrected chi connectivity index (χ3v) is 7.10. The van der Waals surface area contributed by atoms with E-state index in [1.165, 1.54) is 27.1 Å². The first-order valence-corrected chi connectivity index (χ1v) is 10.7. The van der Waals surface area contributed by atoms with E-state index in [1.807, 2.05) is 0 Å². The van der Waals surface area contributed by atoms with Crippen molar-refractivity contribution in [1.29, 1.82) is 0 Å². The summed E-state index contributed by atoms with van der Waals surface area (Å²) in [4.78, 5) is 35.8. The van der Waals surface area contributed by atoms with Crippen LogP contribution in [-0.4, -0.2) is 20.4 Å². The zero-order chi connectivity index (χ0) is 19.2. The van der Waals surface area contributed by atoms with Crippen LogP contribution in [0.5, 0.6) is 0 Å². The van der Waals surface area contributed by atoms with E-state index in [0.717, 1.165) is 29.7 Å². The number of nitrogens with one attached hydrogen (secondary N) is 1. The van der Waals surface area contributed by atoms with Crippen molar-refractivity contribution in [3.63, 3.8) is 0 Å². The highest BCUT2D eigenvalue weighted by molar-refractivity contribution is 7.18. The molecule has 0 fully saturated rings. The SMILES string of the molecule is CC(C)(C)C1CCc2c(sc3ncn(CC(=O)Nc4nccs4)c(=O)c23)C1. The number of aromatic nitrogens is 3. The summed E-state index contributed by atoms with van der Waals surface area (Å²) < 4.78 is 1.40. The Hall–Kier alpha value is -2.06. The van der Waals surface area contributed by atoms with Crippen molar-refractivity contribution in [2.24, 2.45) is 11.3 Å². The van der Waals surface area contributed by atoms with Crippen LogP contribution in [0.2, 0.25) is 0 Å². The minimum atomic E-state index is -0.273. The standard InChI is InChI=1S/C19H22N4O2S2/c1-19(2,3)11-4-5-12-13(8-11)27-16-15(12)17(25)23(10-21-16)9-14(24)22-18-20-6-7-26-18/h6-7,10-11H,4-5,8-9H2,1-3H3,(H,20,22,24). The Kier molecular flexibility index (Phi) is 4.63. The maximum absolute atomic E-state index is 13.0. The minimum Gasteiger partial charge on any atom is -0.300 e. The Balaban J connectivity index is 1.63. The molecule has 27 heavy (non-hydrogen) atoms. The Morgan fingerprint density at radius 1 is 1.37 bits per heavy atom. The summed E-state index contributed by atoms with van der Waals surface area (Å²) in [5.41, 5.74) is 1.28. The molecule has 3 aromatic rings. The number of thiophene rings is 1. The Morgan fingerprint density at radius 2 is 2.19 bits per heavy atom. The average Bonchev–Trinajstić information content (AvgIpc) is 3.23. The van der Waals surface area contributed by atoms with Gasteiger partial charge in [-0.05, 0) is 36.2 Å². The van der Waals surface area contributed by atoms with Crippen molar-refractivity contribution < 1.29 is 4.79 Å². The van der Waals surface area contributed by atoms with Crippen molar-refractivity contribution in [3.8, 4) is 0 Å². The Morgan fingerprint density at radius 3 is 2.89 bits per heavy atom. The molecule has 8 heteroatoms. The molecule has 3 aromatic heterocycles. The van der Waals surface area contributed by atoms with Crippen LogP contribution in [0.3, 0.4) is 0 Å². The lowest BCUT2D eigenvalue weighted by Gasteiger charge is -2.33. The number of hydrogen-bond acceptors (Lipinski definition) is 6. The number of thiazole rings is 1. The number of fused-ring (bicyclic) bond motifs is 3. The summed E-state index contributed by atoms with van der Waals surface area (Å²) >= 11 is 2.98. The minimum absolute atomic E-state index is 0.0589. The average molecular weight is 403 g/mol. The first-order chi connectivity index (χ1) is 12.8. The fraction of sp³-hybridized carbons (Fsp3) is 0.474. The highest BCUT2D eigenvalue weighted by Crippen LogP contribution is 2.41. The molecule has 1 aliphatic carbocycles. The van der Waals surface area contributed by atoms with E-state index in [4.69, 9.17) is 0 Å². The third kappa shape index (κ3) is 3.55. The van der Waals surface area contributed by atoms with Gasteiger partial charge in [0.1, 0.15) is 11.4 Å². The largest absolute Gasteiger partial charge is 0.300 e. The lowest BCUT2D eigenvalue weighted by atomic mass is 9.72. The Labute approximate surface area is 165 Å². The van der Waals surface area contributed by atoms with Gasteiger partial charge < -0.3 is 5.32 Å². The zero-order valence-electron chi connectivity index (χ0n) is 15.6. The zero-order valence-corrected chi connectivity index (χ0v) is 17.2. The van der Waals surface area contributed by atoms with Gasteiger partial charge in [-0.15, -0.1) is 22.7 Å². The molecule has 0 saturated heterocycles. The molecule has 3 heterocycles. The highest BCUT2D eigenvalue weighted by atomic mass is 32.1. The first kappa shape index (κ1) is 18.3. The van der Waals surface area contributed by atoms with Crippen molar-refractivity contribution in [3.05, 3.63) is 38.7 Å². The number of carbonyl (C=O) groups is 1. The Bertz CT molecular complexity index is 1040. The van der Waals surface area contributed by atoms with Crippen molar-refractivity contribution in [2.45, 2.75) is 46.6 Å². The van der Waals surface area contributed by atoms with Gasteiger partial charge in [-0.3, -0.25) is 14.2 Å². The summed E-state index contributed by atoms with van der Waals surface area (Å²) in [6, 6.07) is 0. The van der Waals surface area contributed by atoms with Crippen molar-refractivity contribution in [1.82, 2.24) is 14.5 Å². The monoisotopic (exact) mass is 402 g/mol. The molecule has 142 valence electrons. The molecule has 0 spiro atoms. The van der Waals surface area contributed by atoms with E-state index in [1.54, 1.807) is 22.9 Å². The molecule has 4 rings (SSSR count). The second kappa shape index (κ2) is 6.83. The molecule has 6 nitrogen and oxygen atoms in total. The molecule has 0 radical (unpaired) electrons. The highest BCUT2D eigenvalue weighted by Gasteiger charge is 2.31. The van der Waals surface area contributed by atoms with Crippen LogP contribution in [-0.2, 0) is 24.2 Å². The van der Waals surface area contributed by atoms with Crippen LogP contribution >= 0.6 is 22.7 Å². The van der Waals surface area contributed by atoms with Gasteiger partial charge in [0, 0.05) is 16.5 Å². The van der Waals surface area contributed by atoms with Crippen LogP contribution in [0.4, 0.5) is 5.13 Å². The molecule has 0 bridgehead atoms. The fourth-order valence-corrected chi connectivity index (χ4v) is 5.45. The summed E-state index contributed by atoms with van der Waals surface area (Å²) in [7, 11) is 0. The lowest BCUT2D eigenvalue weighted by molar-refractivity contribution is -0.116. The third-order valence-electron chi connectivity index (χ3n) is 5.25. The number of anilines is 1. The maximum Gasteiger partial charge on any atom is 0.262 e. The number of rotatable bonds is 3. The van der Waals surface area contributed by atoms with Gasteiger partial charge in [0.15, 0.2) is 5.13 Å². The summed E-state index contributed by atoms with van der Waals surface area (Å²) in [6.07, 6.45) is 6.10. The van der Waals surface area contributed by atoms with Crippen LogP contribution < -0.4 is 10.9 Å². The molecular formula is C19H22N4O2S2. The molecule has 1 unspecified atom stereocenters. The van der Waals surface area contributed by atoms with Crippen LogP contribution in [0.1, 0.15) is 37.6 Å². The molecule has 1 aliphatic rings. The maximum atomic E-state index is 13.0.